The van der Waals surface area contributed by atoms with Gasteiger partial charge in [0.1, 0.15) is 0 Å². The number of hydrogen-bond acceptors (Lipinski definition) is 1. The predicted octanol–water partition coefficient (Wildman–Crippen LogP) is 9.25. The van der Waals surface area contributed by atoms with E-state index < -0.39 is 0 Å². The summed E-state index contributed by atoms with van der Waals surface area (Å²) in [6.45, 7) is 13.2. The molecule has 2 rings (SSSR count). The average molecular weight is 452 g/mol. The lowest BCUT2D eigenvalue weighted by Gasteiger charge is -2.29. The van der Waals surface area contributed by atoms with Gasteiger partial charge in [0.2, 0.25) is 0 Å². The monoisotopic (exact) mass is 450 g/mol. The second-order valence-electron chi connectivity index (χ2n) is 8.32. The molecular weight excluding hydrogens is 415 g/mol. The Kier molecular flexibility index (Phi) is 9.92. The third-order valence-electron chi connectivity index (χ3n) is 5.72. The van der Waals surface area contributed by atoms with Gasteiger partial charge in [-0.3, -0.25) is 0 Å². The first-order valence-corrected chi connectivity index (χ1v) is 12.6. The molecule has 3 heteroatoms. The highest BCUT2D eigenvalue weighted by Crippen LogP contribution is 2.48. The van der Waals surface area contributed by atoms with Gasteiger partial charge in [0.25, 0.3) is 0 Å². The molecule has 0 nitrogen and oxygen atoms in total. The lowest BCUT2D eigenvalue weighted by molar-refractivity contribution is 0.689. The zero-order chi connectivity index (χ0) is 21.6. The zero-order valence-electron chi connectivity index (χ0n) is 18.8. The van der Waals surface area contributed by atoms with E-state index in [-0.39, 0.29) is 10.8 Å². The quantitative estimate of drug-likeness (QED) is 0.324. The van der Waals surface area contributed by atoms with Gasteiger partial charge >= 0.3 is 0 Å². The minimum Gasteiger partial charge on any atom is -0.145 e. The summed E-state index contributed by atoms with van der Waals surface area (Å²) in [5.41, 5.74) is 8.17. The van der Waals surface area contributed by atoms with Crippen LogP contribution in [0.3, 0.4) is 0 Å². The molecule has 2 aromatic rings. The minimum absolute atomic E-state index is 0.185. The van der Waals surface area contributed by atoms with E-state index in [0.717, 1.165) is 25.7 Å². The van der Waals surface area contributed by atoms with Gasteiger partial charge < -0.3 is 0 Å². The molecule has 0 aliphatic heterocycles. The third kappa shape index (κ3) is 7.23. The van der Waals surface area contributed by atoms with Crippen LogP contribution in [0.2, 0.25) is 0 Å². The summed E-state index contributed by atoms with van der Waals surface area (Å²) in [4.78, 5) is 0. The molecule has 0 saturated carbocycles. The van der Waals surface area contributed by atoms with Crippen molar-refractivity contribution in [3.8, 4) is 0 Å². The topological polar surface area (TPSA) is 0 Å². The Morgan fingerprint density at radius 2 is 1.07 bits per heavy atom. The molecule has 160 valence electrons. The molecule has 0 N–H and O–H groups in total. The van der Waals surface area contributed by atoms with Crippen LogP contribution in [-0.2, 0) is 0 Å². The van der Waals surface area contributed by atoms with Crippen molar-refractivity contribution in [3.63, 3.8) is 0 Å². The Balaban J connectivity index is 2.45. The highest BCUT2D eigenvalue weighted by molar-refractivity contribution is 7.99. The molecule has 4 unspecified atom stereocenters. The maximum atomic E-state index is 6.68. The first kappa shape index (κ1) is 24.6. The summed E-state index contributed by atoms with van der Waals surface area (Å²) in [6.07, 6.45) is 3.94. The summed E-state index contributed by atoms with van der Waals surface area (Å²) in [7, 11) is 0. The van der Waals surface area contributed by atoms with Gasteiger partial charge in [0.05, 0.1) is 0 Å². The average Bonchev–Trinajstić information content (AvgIpc) is 2.70. The lowest BCUT2D eigenvalue weighted by atomic mass is 9.99. The number of alkyl halides is 2. The maximum absolute atomic E-state index is 6.68. The summed E-state index contributed by atoms with van der Waals surface area (Å²) >= 11 is 15.4. The highest BCUT2D eigenvalue weighted by atomic mass is 35.5. The van der Waals surface area contributed by atoms with Crippen molar-refractivity contribution in [1.82, 2.24) is 0 Å². The Hall–Kier alpha value is -0.630. The van der Waals surface area contributed by atoms with Crippen LogP contribution in [0.1, 0.15) is 83.4 Å². The van der Waals surface area contributed by atoms with Crippen LogP contribution < -0.4 is 0 Å². The van der Waals surface area contributed by atoms with Gasteiger partial charge in [-0.25, -0.2) is 0 Å². The molecule has 0 saturated heterocycles. The fraction of sp³-hybridized carbons (Fsp3) is 0.538. The maximum Gasteiger partial charge on any atom is 0.0347 e. The second kappa shape index (κ2) is 11.7. The standard InChI is InChI=1S/C26H36Cl2S/c1-7-21(27)15-25(23-13-17(3)9-11-19(23)5)29-26(16-22(28)8-2)24-14-18(4)10-12-20(24)6/h9-14,21-22,25-26H,7-8,15-16H2,1-6H3. The van der Waals surface area contributed by atoms with E-state index in [0.29, 0.717) is 10.5 Å². The van der Waals surface area contributed by atoms with Crippen molar-refractivity contribution in [2.45, 2.75) is 88.5 Å². The molecule has 0 aromatic heterocycles. The molecule has 29 heavy (non-hydrogen) atoms. The Bertz CT molecular complexity index is 721. The van der Waals surface area contributed by atoms with Gasteiger partial charge in [0.15, 0.2) is 0 Å². The van der Waals surface area contributed by atoms with E-state index >= 15 is 0 Å². The molecule has 0 bridgehead atoms. The van der Waals surface area contributed by atoms with E-state index in [1.54, 1.807) is 0 Å². The SMILES string of the molecule is CCC(Cl)CC(SC(CC(Cl)CC)c1cc(C)ccc1C)c1cc(C)ccc1C. The molecule has 0 aliphatic carbocycles. The molecule has 0 fully saturated rings. The minimum atomic E-state index is 0.185. The van der Waals surface area contributed by atoms with Crippen molar-refractivity contribution in [3.05, 3.63) is 69.8 Å². The van der Waals surface area contributed by atoms with Crippen molar-refractivity contribution >= 4 is 35.0 Å². The van der Waals surface area contributed by atoms with Crippen molar-refractivity contribution in [2.24, 2.45) is 0 Å². The predicted molar refractivity (Wildman–Crippen MR) is 134 cm³/mol. The number of hydrogen-bond donors (Lipinski definition) is 0. The van der Waals surface area contributed by atoms with Gasteiger partial charge in [-0.1, -0.05) is 61.4 Å². The van der Waals surface area contributed by atoms with Crippen LogP contribution in [0.4, 0.5) is 0 Å². The van der Waals surface area contributed by atoms with E-state index in [1.165, 1.54) is 33.4 Å². The lowest BCUT2D eigenvalue weighted by Crippen LogP contribution is -2.11. The van der Waals surface area contributed by atoms with Crippen molar-refractivity contribution in [2.75, 3.05) is 0 Å². The van der Waals surface area contributed by atoms with Crippen LogP contribution in [0.25, 0.3) is 0 Å². The summed E-state index contributed by atoms with van der Waals surface area (Å²) in [5, 5.41) is 1.10. The first-order valence-electron chi connectivity index (χ1n) is 10.8. The number of benzene rings is 2. The van der Waals surface area contributed by atoms with Gasteiger partial charge in [-0.15, -0.1) is 35.0 Å². The number of thioether (sulfide) groups is 1. The van der Waals surface area contributed by atoms with Crippen LogP contribution in [0.15, 0.2) is 36.4 Å². The number of aryl methyl sites for hydroxylation is 4. The molecule has 0 radical (unpaired) electrons. The second-order valence-corrected chi connectivity index (χ2v) is 11.0. The number of halogens is 2. The Labute approximate surface area is 192 Å². The molecule has 0 aliphatic rings. The largest absolute Gasteiger partial charge is 0.145 e. The molecule has 4 atom stereocenters. The highest BCUT2D eigenvalue weighted by Gasteiger charge is 2.26. The van der Waals surface area contributed by atoms with Gasteiger partial charge in [-0.05, 0) is 75.6 Å². The fourth-order valence-corrected chi connectivity index (χ4v) is 6.17. The Morgan fingerprint density at radius 1 is 0.690 bits per heavy atom. The van der Waals surface area contributed by atoms with Crippen LogP contribution in [0, 0.1) is 27.7 Å². The van der Waals surface area contributed by atoms with Crippen LogP contribution in [0.5, 0.6) is 0 Å². The molecular formula is C26H36Cl2S. The van der Waals surface area contributed by atoms with Crippen LogP contribution >= 0.6 is 35.0 Å². The van der Waals surface area contributed by atoms with E-state index in [1.807, 2.05) is 0 Å². The van der Waals surface area contributed by atoms with Crippen molar-refractivity contribution < 1.29 is 0 Å². The van der Waals surface area contributed by atoms with E-state index in [4.69, 9.17) is 23.2 Å². The van der Waals surface area contributed by atoms with Crippen LogP contribution in [-0.4, -0.2) is 10.8 Å². The molecule has 0 spiro atoms. The van der Waals surface area contributed by atoms with Gasteiger partial charge in [0, 0.05) is 21.3 Å². The summed E-state index contributed by atoms with van der Waals surface area (Å²) in [6, 6.07) is 13.6. The van der Waals surface area contributed by atoms with E-state index in [9.17, 15) is 0 Å². The van der Waals surface area contributed by atoms with Crippen molar-refractivity contribution in [1.29, 1.82) is 0 Å². The molecule has 0 heterocycles. The zero-order valence-corrected chi connectivity index (χ0v) is 21.1. The van der Waals surface area contributed by atoms with Gasteiger partial charge in [-0.2, -0.15) is 0 Å². The molecule has 0 amide bonds. The first-order chi connectivity index (χ1) is 13.7. The van der Waals surface area contributed by atoms with E-state index in [2.05, 4.69) is 89.7 Å². The summed E-state index contributed by atoms with van der Waals surface area (Å²) in [5.74, 6) is 0. The smallest absolute Gasteiger partial charge is 0.0347 e. The fourth-order valence-electron chi connectivity index (χ4n) is 3.72. The number of rotatable bonds is 10. The normalized spacial score (nSPS) is 15.7. The third-order valence-corrected chi connectivity index (χ3v) is 8.24. The summed E-state index contributed by atoms with van der Waals surface area (Å²) < 4.78 is 0. The Morgan fingerprint density at radius 3 is 1.41 bits per heavy atom. The molecule has 2 aromatic carbocycles.